The van der Waals surface area contributed by atoms with Gasteiger partial charge in [-0.3, -0.25) is 20.8 Å². The number of carbonyl (C=O) groups is 1. The summed E-state index contributed by atoms with van der Waals surface area (Å²) in [6.07, 6.45) is 0. The van der Waals surface area contributed by atoms with Crippen LogP contribution in [0.2, 0.25) is 0 Å². The van der Waals surface area contributed by atoms with Crippen molar-refractivity contribution < 1.29 is 9.72 Å². The van der Waals surface area contributed by atoms with Crippen molar-refractivity contribution in [3.63, 3.8) is 0 Å². The number of nitrogens with zero attached hydrogens (tertiary/aromatic N) is 2. The number of non-ortho nitro benzene ring substituents is 1. The molecular formula is C11H17N5O3. The second-order valence-electron chi connectivity index (χ2n) is 4.33. The maximum atomic E-state index is 11.1. The second kappa shape index (κ2) is 6.01. The maximum absolute atomic E-state index is 11.1. The molecule has 8 nitrogen and oxygen atoms in total. The Hall–Kier alpha value is -2.35. The van der Waals surface area contributed by atoms with Gasteiger partial charge in [0, 0.05) is 23.9 Å². The lowest BCUT2D eigenvalue weighted by Crippen LogP contribution is -2.38. The van der Waals surface area contributed by atoms with Crippen molar-refractivity contribution in [2.45, 2.75) is 19.9 Å². The highest BCUT2D eigenvalue weighted by molar-refractivity contribution is 5.80. The zero-order valence-corrected chi connectivity index (χ0v) is 10.8. The molecule has 0 aliphatic heterocycles. The van der Waals surface area contributed by atoms with E-state index in [2.05, 4.69) is 5.43 Å². The number of nitrogen functional groups attached to an aromatic ring is 1. The molecule has 0 radical (unpaired) electrons. The van der Waals surface area contributed by atoms with Crippen LogP contribution in [0.4, 0.5) is 17.1 Å². The van der Waals surface area contributed by atoms with Crippen molar-refractivity contribution in [1.29, 1.82) is 0 Å². The Bertz CT molecular complexity index is 489. The SMILES string of the molecule is CC(C)N(CC(N)=O)c1cc(NN)cc([N+](=O)[O-])c1. The lowest BCUT2D eigenvalue weighted by Gasteiger charge is -2.27. The molecule has 0 spiro atoms. The normalized spacial score (nSPS) is 10.3. The van der Waals surface area contributed by atoms with Gasteiger partial charge in [0.2, 0.25) is 5.91 Å². The van der Waals surface area contributed by atoms with Gasteiger partial charge in [-0.05, 0) is 19.9 Å². The van der Waals surface area contributed by atoms with Crippen molar-refractivity contribution in [2.75, 3.05) is 16.9 Å². The first-order valence-corrected chi connectivity index (χ1v) is 5.66. The first kappa shape index (κ1) is 14.7. The van der Waals surface area contributed by atoms with E-state index in [1.54, 1.807) is 11.0 Å². The highest BCUT2D eigenvalue weighted by atomic mass is 16.6. The molecule has 0 aliphatic rings. The minimum absolute atomic E-state index is 0.0250. The number of primary amides is 1. The lowest BCUT2D eigenvalue weighted by molar-refractivity contribution is -0.384. The number of carbonyl (C=O) groups excluding carboxylic acids is 1. The molecule has 0 saturated heterocycles. The molecule has 104 valence electrons. The molecule has 19 heavy (non-hydrogen) atoms. The van der Waals surface area contributed by atoms with E-state index in [1.807, 2.05) is 13.8 Å². The van der Waals surface area contributed by atoms with Gasteiger partial charge in [-0.25, -0.2) is 0 Å². The number of rotatable bonds is 6. The minimum Gasteiger partial charge on any atom is -0.368 e. The molecule has 0 unspecified atom stereocenters. The van der Waals surface area contributed by atoms with Crippen LogP contribution < -0.4 is 21.9 Å². The summed E-state index contributed by atoms with van der Waals surface area (Å²) >= 11 is 0. The largest absolute Gasteiger partial charge is 0.368 e. The molecule has 8 heteroatoms. The van der Waals surface area contributed by atoms with Gasteiger partial charge in [0.25, 0.3) is 5.69 Å². The third-order valence-corrected chi connectivity index (χ3v) is 2.56. The van der Waals surface area contributed by atoms with Crippen LogP contribution in [-0.4, -0.2) is 23.4 Å². The van der Waals surface area contributed by atoms with E-state index in [-0.39, 0.29) is 18.3 Å². The van der Waals surface area contributed by atoms with Crippen LogP contribution in [-0.2, 0) is 4.79 Å². The summed E-state index contributed by atoms with van der Waals surface area (Å²) in [4.78, 5) is 23.1. The molecule has 5 N–H and O–H groups in total. The third-order valence-electron chi connectivity index (χ3n) is 2.56. The first-order chi connectivity index (χ1) is 8.85. The summed E-state index contributed by atoms with van der Waals surface area (Å²) in [6, 6.07) is 4.27. The number of benzene rings is 1. The molecule has 0 fully saturated rings. The summed E-state index contributed by atoms with van der Waals surface area (Å²) < 4.78 is 0. The number of hydrogen-bond acceptors (Lipinski definition) is 6. The minimum atomic E-state index is -0.521. The van der Waals surface area contributed by atoms with Crippen LogP contribution >= 0.6 is 0 Å². The quantitative estimate of drug-likeness (QED) is 0.393. The van der Waals surface area contributed by atoms with Crippen LogP contribution in [0, 0.1) is 10.1 Å². The Labute approximate surface area is 110 Å². The predicted molar refractivity (Wildman–Crippen MR) is 72.6 cm³/mol. The summed E-state index contributed by atoms with van der Waals surface area (Å²) in [5, 5.41) is 10.9. The van der Waals surface area contributed by atoms with E-state index in [0.717, 1.165) is 0 Å². The van der Waals surface area contributed by atoms with Gasteiger partial charge in [0.1, 0.15) is 0 Å². The Morgan fingerprint density at radius 3 is 2.53 bits per heavy atom. The summed E-state index contributed by atoms with van der Waals surface area (Å²) in [5.74, 6) is 4.77. The Morgan fingerprint density at radius 1 is 1.47 bits per heavy atom. The Kier molecular flexibility index (Phi) is 4.65. The highest BCUT2D eigenvalue weighted by Gasteiger charge is 2.17. The van der Waals surface area contributed by atoms with Crippen molar-refractivity contribution in [3.8, 4) is 0 Å². The lowest BCUT2D eigenvalue weighted by atomic mass is 10.2. The summed E-state index contributed by atoms with van der Waals surface area (Å²) in [5.41, 5.74) is 8.33. The van der Waals surface area contributed by atoms with Crippen molar-refractivity contribution in [1.82, 2.24) is 0 Å². The predicted octanol–water partition coefficient (Wildman–Crippen LogP) is 0.581. The third kappa shape index (κ3) is 3.81. The molecule has 0 heterocycles. The molecule has 1 aromatic carbocycles. The molecule has 0 saturated carbocycles. The number of hydrogen-bond donors (Lipinski definition) is 3. The van der Waals surface area contributed by atoms with E-state index in [0.29, 0.717) is 11.4 Å². The van der Waals surface area contributed by atoms with Crippen molar-refractivity contribution in [2.24, 2.45) is 11.6 Å². The molecule has 0 aromatic heterocycles. The molecule has 0 bridgehead atoms. The average molecular weight is 267 g/mol. The molecule has 0 atom stereocenters. The van der Waals surface area contributed by atoms with Gasteiger partial charge in [-0.2, -0.15) is 0 Å². The fourth-order valence-electron chi connectivity index (χ4n) is 1.69. The zero-order valence-electron chi connectivity index (χ0n) is 10.8. The Balaban J connectivity index is 3.24. The van der Waals surface area contributed by atoms with Crippen LogP contribution in [0.5, 0.6) is 0 Å². The van der Waals surface area contributed by atoms with Gasteiger partial charge < -0.3 is 16.1 Å². The molecule has 1 rings (SSSR count). The Morgan fingerprint density at radius 2 is 2.11 bits per heavy atom. The standard InChI is InChI=1S/C11H17N5O3/c1-7(2)15(6-11(12)17)9-3-8(14-13)4-10(5-9)16(18)19/h3-5,7,14H,6,13H2,1-2H3,(H2,12,17). The van der Waals surface area contributed by atoms with E-state index < -0.39 is 10.8 Å². The number of amides is 1. The number of nitro groups is 1. The van der Waals surface area contributed by atoms with Gasteiger partial charge in [-0.15, -0.1) is 0 Å². The monoisotopic (exact) mass is 267 g/mol. The number of nitrogens with one attached hydrogen (secondary N) is 1. The number of nitro benzene ring substituents is 1. The maximum Gasteiger partial charge on any atom is 0.273 e. The van der Waals surface area contributed by atoms with E-state index in [4.69, 9.17) is 11.6 Å². The highest BCUT2D eigenvalue weighted by Crippen LogP contribution is 2.27. The van der Waals surface area contributed by atoms with Crippen molar-refractivity contribution >= 4 is 23.0 Å². The summed E-state index contributed by atoms with van der Waals surface area (Å²) in [7, 11) is 0. The van der Waals surface area contributed by atoms with E-state index in [9.17, 15) is 14.9 Å². The second-order valence-corrected chi connectivity index (χ2v) is 4.33. The molecular weight excluding hydrogens is 250 g/mol. The smallest absolute Gasteiger partial charge is 0.273 e. The first-order valence-electron chi connectivity index (χ1n) is 5.66. The average Bonchev–Trinajstić information content (AvgIpc) is 2.34. The molecule has 1 amide bonds. The molecule has 0 aliphatic carbocycles. The van der Waals surface area contributed by atoms with Crippen LogP contribution in [0.15, 0.2) is 18.2 Å². The van der Waals surface area contributed by atoms with E-state index >= 15 is 0 Å². The fourth-order valence-corrected chi connectivity index (χ4v) is 1.69. The topological polar surface area (TPSA) is 128 Å². The van der Waals surface area contributed by atoms with E-state index in [1.165, 1.54) is 12.1 Å². The zero-order chi connectivity index (χ0) is 14.6. The van der Waals surface area contributed by atoms with Gasteiger partial charge in [0.15, 0.2) is 0 Å². The van der Waals surface area contributed by atoms with Crippen LogP contribution in [0.1, 0.15) is 13.8 Å². The fraction of sp³-hybridized carbons (Fsp3) is 0.364. The number of hydrazine groups is 1. The van der Waals surface area contributed by atoms with Crippen molar-refractivity contribution in [3.05, 3.63) is 28.3 Å². The van der Waals surface area contributed by atoms with Crippen LogP contribution in [0.3, 0.4) is 0 Å². The van der Waals surface area contributed by atoms with Crippen LogP contribution in [0.25, 0.3) is 0 Å². The van der Waals surface area contributed by atoms with Gasteiger partial charge >= 0.3 is 0 Å². The van der Waals surface area contributed by atoms with Gasteiger partial charge in [0.05, 0.1) is 17.2 Å². The summed E-state index contributed by atoms with van der Waals surface area (Å²) in [6.45, 7) is 3.69. The number of nitrogens with two attached hydrogens (primary N) is 2. The molecule has 1 aromatic rings. The van der Waals surface area contributed by atoms with Gasteiger partial charge in [-0.1, -0.05) is 0 Å². The number of anilines is 2.